The minimum Gasteiger partial charge on any atom is -0.483 e. The van der Waals surface area contributed by atoms with Crippen molar-refractivity contribution in [1.82, 2.24) is 4.98 Å². The second-order valence-electron chi connectivity index (χ2n) is 5.19. The maximum absolute atomic E-state index is 11.9. The summed E-state index contributed by atoms with van der Waals surface area (Å²) in [5.41, 5.74) is 2.67. The molecule has 0 fully saturated rings. The molecule has 2 rings (SSSR count). The Hall–Kier alpha value is -2.60. The summed E-state index contributed by atoms with van der Waals surface area (Å²) < 4.78 is 5.56. The van der Waals surface area contributed by atoms with Gasteiger partial charge in [0.25, 0.3) is 5.91 Å². The molecule has 0 aliphatic heterocycles. The summed E-state index contributed by atoms with van der Waals surface area (Å²) in [7, 11) is 0. The molecule has 1 heterocycles. The Morgan fingerprint density at radius 1 is 1.26 bits per heavy atom. The van der Waals surface area contributed by atoms with Gasteiger partial charge in [0.1, 0.15) is 11.6 Å². The molecule has 0 atom stereocenters. The van der Waals surface area contributed by atoms with Crippen molar-refractivity contribution in [2.45, 2.75) is 13.8 Å². The molecule has 0 spiro atoms. The highest BCUT2D eigenvalue weighted by atomic mass is 16.5. The standard InChI is InChI=1S/C17H21N3O3/c1-12-3-4-13(2)15(9-12)23-11-17(22)20-14-5-6-16(19-10-14)18-7-8-21/h3-6,9-10,21H,7-8,11H2,1-2H3,(H,18,19)(H,20,22). The summed E-state index contributed by atoms with van der Waals surface area (Å²) in [6.07, 6.45) is 1.55. The van der Waals surface area contributed by atoms with Crippen molar-refractivity contribution in [3.63, 3.8) is 0 Å². The molecule has 122 valence electrons. The first-order chi connectivity index (χ1) is 11.1. The van der Waals surface area contributed by atoms with Gasteiger partial charge in [-0.05, 0) is 43.2 Å². The second-order valence-corrected chi connectivity index (χ2v) is 5.19. The normalized spacial score (nSPS) is 10.2. The van der Waals surface area contributed by atoms with E-state index in [1.165, 1.54) is 0 Å². The molecule has 0 aliphatic carbocycles. The number of aliphatic hydroxyl groups excluding tert-OH is 1. The second kappa shape index (κ2) is 8.14. The molecule has 0 radical (unpaired) electrons. The first-order valence-electron chi connectivity index (χ1n) is 7.39. The summed E-state index contributed by atoms with van der Waals surface area (Å²) in [4.78, 5) is 16.1. The monoisotopic (exact) mass is 315 g/mol. The van der Waals surface area contributed by atoms with Crippen LogP contribution in [0.5, 0.6) is 5.75 Å². The van der Waals surface area contributed by atoms with E-state index in [1.807, 2.05) is 32.0 Å². The summed E-state index contributed by atoms with van der Waals surface area (Å²) in [5, 5.41) is 14.4. The van der Waals surface area contributed by atoms with Crippen LogP contribution in [0.15, 0.2) is 36.5 Å². The summed E-state index contributed by atoms with van der Waals surface area (Å²) >= 11 is 0. The van der Waals surface area contributed by atoms with Crippen molar-refractivity contribution in [1.29, 1.82) is 0 Å². The average Bonchev–Trinajstić information content (AvgIpc) is 2.55. The van der Waals surface area contributed by atoms with E-state index in [4.69, 9.17) is 9.84 Å². The first kappa shape index (κ1) is 16.8. The van der Waals surface area contributed by atoms with E-state index in [0.717, 1.165) is 11.1 Å². The number of anilines is 2. The molecule has 1 aromatic heterocycles. The molecular weight excluding hydrogens is 294 g/mol. The fourth-order valence-electron chi connectivity index (χ4n) is 1.96. The van der Waals surface area contributed by atoms with Crippen LogP contribution in [0.4, 0.5) is 11.5 Å². The van der Waals surface area contributed by atoms with Crippen LogP contribution in [0.25, 0.3) is 0 Å². The maximum Gasteiger partial charge on any atom is 0.262 e. The smallest absolute Gasteiger partial charge is 0.262 e. The number of carbonyl (C=O) groups excluding carboxylic acids is 1. The van der Waals surface area contributed by atoms with Gasteiger partial charge >= 0.3 is 0 Å². The Bertz CT molecular complexity index is 657. The molecule has 23 heavy (non-hydrogen) atoms. The number of benzene rings is 1. The maximum atomic E-state index is 11.9. The van der Waals surface area contributed by atoms with Crippen molar-refractivity contribution in [2.24, 2.45) is 0 Å². The van der Waals surface area contributed by atoms with E-state index in [9.17, 15) is 4.79 Å². The predicted octanol–water partition coefficient (Wildman–Crippen LogP) is 2.12. The minimum absolute atomic E-state index is 0.0376. The topological polar surface area (TPSA) is 83.5 Å². The third-order valence-electron chi connectivity index (χ3n) is 3.17. The van der Waals surface area contributed by atoms with Gasteiger partial charge in [0.2, 0.25) is 0 Å². The van der Waals surface area contributed by atoms with Crippen LogP contribution in [0.3, 0.4) is 0 Å². The molecule has 1 aromatic carbocycles. The van der Waals surface area contributed by atoms with Crippen LogP contribution in [-0.4, -0.2) is 35.8 Å². The lowest BCUT2D eigenvalue weighted by atomic mass is 10.1. The number of amides is 1. The number of nitrogens with zero attached hydrogens (tertiary/aromatic N) is 1. The summed E-state index contributed by atoms with van der Waals surface area (Å²) in [6, 6.07) is 9.34. The molecule has 0 bridgehead atoms. The van der Waals surface area contributed by atoms with Gasteiger partial charge in [0.05, 0.1) is 18.5 Å². The Labute approximate surface area is 135 Å². The zero-order chi connectivity index (χ0) is 16.7. The van der Waals surface area contributed by atoms with E-state index in [1.54, 1.807) is 18.3 Å². The highest BCUT2D eigenvalue weighted by molar-refractivity contribution is 5.91. The number of nitrogens with one attached hydrogen (secondary N) is 2. The SMILES string of the molecule is Cc1ccc(C)c(OCC(=O)Nc2ccc(NCCO)nc2)c1. The van der Waals surface area contributed by atoms with E-state index in [2.05, 4.69) is 15.6 Å². The number of pyridine rings is 1. The van der Waals surface area contributed by atoms with Crippen molar-refractivity contribution in [2.75, 3.05) is 30.4 Å². The van der Waals surface area contributed by atoms with Gasteiger partial charge in [-0.1, -0.05) is 12.1 Å². The molecule has 0 unspecified atom stereocenters. The molecule has 0 saturated carbocycles. The molecule has 1 amide bonds. The van der Waals surface area contributed by atoms with Crippen molar-refractivity contribution in [3.05, 3.63) is 47.7 Å². The highest BCUT2D eigenvalue weighted by Crippen LogP contribution is 2.19. The van der Waals surface area contributed by atoms with E-state index < -0.39 is 0 Å². The Balaban J connectivity index is 1.85. The quantitative estimate of drug-likeness (QED) is 0.729. The number of carbonyl (C=O) groups is 1. The number of aryl methyl sites for hydroxylation is 2. The largest absolute Gasteiger partial charge is 0.483 e. The van der Waals surface area contributed by atoms with Crippen LogP contribution in [0.2, 0.25) is 0 Å². The van der Waals surface area contributed by atoms with Crippen molar-refractivity contribution >= 4 is 17.4 Å². The van der Waals surface area contributed by atoms with Crippen LogP contribution >= 0.6 is 0 Å². The van der Waals surface area contributed by atoms with Gasteiger partial charge < -0.3 is 20.5 Å². The molecule has 0 saturated heterocycles. The first-order valence-corrected chi connectivity index (χ1v) is 7.39. The number of aliphatic hydroxyl groups is 1. The zero-order valence-electron chi connectivity index (χ0n) is 13.3. The molecule has 6 heteroatoms. The van der Waals surface area contributed by atoms with Gasteiger partial charge in [-0.15, -0.1) is 0 Å². The van der Waals surface area contributed by atoms with Crippen LogP contribution in [-0.2, 0) is 4.79 Å². The fraction of sp³-hybridized carbons (Fsp3) is 0.294. The zero-order valence-corrected chi connectivity index (χ0v) is 13.3. The number of ether oxygens (including phenoxy) is 1. The highest BCUT2D eigenvalue weighted by Gasteiger charge is 2.06. The molecule has 2 aromatic rings. The molecular formula is C17H21N3O3. The van der Waals surface area contributed by atoms with Gasteiger partial charge in [-0.3, -0.25) is 4.79 Å². The van der Waals surface area contributed by atoms with Crippen molar-refractivity contribution in [3.8, 4) is 5.75 Å². The Morgan fingerprint density at radius 3 is 2.78 bits per heavy atom. The average molecular weight is 315 g/mol. The lowest BCUT2D eigenvalue weighted by Crippen LogP contribution is -2.20. The molecule has 0 aliphatic rings. The Morgan fingerprint density at radius 2 is 2.09 bits per heavy atom. The summed E-state index contributed by atoms with van der Waals surface area (Å²) in [5.74, 6) is 1.11. The van der Waals surface area contributed by atoms with Gasteiger partial charge in [0, 0.05) is 6.54 Å². The van der Waals surface area contributed by atoms with E-state index in [0.29, 0.717) is 23.8 Å². The molecule has 3 N–H and O–H groups in total. The van der Waals surface area contributed by atoms with Crippen LogP contribution in [0.1, 0.15) is 11.1 Å². The predicted molar refractivity (Wildman–Crippen MR) is 89.9 cm³/mol. The third kappa shape index (κ3) is 5.27. The number of hydrogen-bond acceptors (Lipinski definition) is 5. The van der Waals surface area contributed by atoms with Gasteiger partial charge in [-0.25, -0.2) is 4.98 Å². The third-order valence-corrected chi connectivity index (χ3v) is 3.17. The molecule has 6 nitrogen and oxygen atoms in total. The van der Waals surface area contributed by atoms with E-state index in [-0.39, 0.29) is 19.1 Å². The van der Waals surface area contributed by atoms with Crippen LogP contribution < -0.4 is 15.4 Å². The van der Waals surface area contributed by atoms with Crippen molar-refractivity contribution < 1.29 is 14.6 Å². The number of hydrogen-bond donors (Lipinski definition) is 3. The number of aromatic nitrogens is 1. The van der Waals surface area contributed by atoms with Crippen LogP contribution in [0, 0.1) is 13.8 Å². The minimum atomic E-state index is -0.247. The summed E-state index contributed by atoms with van der Waals surface area (Å²) in [6.45, 7) is 4.33. The van der Waals surface area contributed by atoms with Gasteiger partial charge in [0.15, 0.2) is 6.61 Å². The lowest BCUT2D eigenvalue weighted by molar-refractivity contribution is -0.118. The Kier molecular flexibility index (Phi) is 5.94. The fourth-order valence-corrected chi connectivity index (χ4v) is 1.96. The lowest BCUT2D eigenvalue weighted by Gasteiger charge is -2.10. The van der Waals surface area contributed by atoms with Gasteiger partial charge in [-0.2, -0.15) is 0 Å². The number of rotatable bonds is 7. The van der Waals surface area contributed by atoms with E-state index >= 15 is 0 Å².